The van der Waals surface area contributed by atoms with E-state index in [0.717, 1.165) is 12.8 Å². The van der Waals surface area contributed by atoms with Crippen LogP contribution in [0.5, 0.6) is 0 Å². The maximum atomic E-state index is 4.29. The summed E-state index contributed by atoms with van der Waals surface area (Å²) in [6, 6.07) is 15.3. The molecule has 23 heavy (non-hydrogen) atoms. The summed E-state index contributed by atoms with van der Waals surface area (Å²) in [5, 5.41) is 0. The molecule has 0 amide bonds. The lowest BCUT2D eigenvalue weighted by atomic mass is 9.95. The first-order valence-electron chi connectivity index (χ1n) is 8.63. The van der Waals surface area contributed by atoms with Crippen LogP contribution in [0.2, 0.25) is 0 Å². The predicted octanol–water partition coefficient (Wildman–Crippen LogP) is 7.01. The summed E-state index contributed by atoms with van der Waals surface area (Å²) < 4.78 is 0. The summed E-state index contributed by atoms with van der Waals surface area (Å²) in [7, 11) is 0. The van der Waals surface area contributed by atoms with E-state index >= 15 is 0 Å². The first-order chi connectivity index (χ1) is 11.3. The fourth-order valence-corrected chi connectivity index (χ4v) is 2.67. The fraction of sp³-hybridized carbons (Fsp3) is 0.304. The van der Waals surface area contributed by atoms with E-state index in [9.17, 15) is 0 Å². The van der Waals surface area contributed by atoms with Crippen LogP contribution in [0.3, 0.4) is 0 Å². The van der Waals surface area contributed by atoms with Crippen LogP contribution < -0.4 is 0 Å². The Morgan fingerprint density at radius 2 is 1.26 bits per heavy atom. The number of fused-ring (bicyclic) bond motifs is 2. The maximum Gasteiger partial charge on any atom is -0.0151 e. The molecule has 0 atom stereocenters. The van der Waals surface area contributed by atoms with Gasteiger partial charge in [-0.2, -0.15) is 0 Å². The number of hydrogen-bond acceptors (Lipinski definition) is 0. The molecule has 0 radical (unpaired) electrons. The average Bonchev–Trinajstić information content (AvgIpc) is 2.77. The Balaban J connectivity index is 0.000000728. The standard InChI is InChI=1S/C17H16.2C2H6.C2H4/c1-12-7-10-17-13(2)16-6-4-3-5-14(16)8-9-15(17)11-12;3*1-2/h3-7,10-11H,2,8-9H2,1H3;2*1-2H3;1-2H2. The number of benzene rings is 2. The van der Waals surface area contributed by atoms with Crippen molar-refractivity contribution in [2.45, 2.75) is 47.5 Å². The Kier molecular flexibility index (Phi) is 10.4. The molecule has 1 aliphatic carbocycles. The Labute approximate surface area is 143 Å². The Bertz CT molecular complexity index is 605. The van der Waals surface area contributed by atoms with Crippen molar-refractivity contribution in [2.75, 3.05) is 0 Å². The van der Waals surface area contributed by atoms with Gasteiger partial charge in [0.2, 0.25) is 0 Å². The molecule has 0 aliphatic heterocycles. The third kappa shape index (κ3) is 5.25. The molecule has 124 valence electrons. The lowest BCUT2D eigenvalue weighted by Crippen LogP contribution is -1.92. The molecule has 0 heterocycles. The molecule has 0 N–H and O–H groups in total. The van der Waals surface area contributed by atoms with Crippen LogP contribution in [0.15, 0.2) is 62.2 Å². The highest BCUT2D eigenvalue weighted by molar-refractivity contribution is 5.82. The van der Waals surface area contributed by atoms with Gasteiger partial charge in [0, 0.05) is 0 Å². The zero-order valence-corrected chi connectivity index (χ0v) is 15.6. The molecule has 0 nitrogen and oxygen atoms in total. The van der Waals surface area contributed by atoms with Crippen molar-refractivity contribution >= 4 is 5.57 Å². The molecule has 0 spiro atoms. The van der Waals surface area contributed by atoms with Crippen LogP contribution in [0, 0.1) is 6.92 Å². The van der Waals surface area contributed by atoms with Crippen LogP contribution in [0.25, 0.3) is 5.57 Å². The zero-order chi connectivity index (χ0) is 17.8. The molecule has 0 fully saturated rings. The molecule has 1 aliphatic rings. The second kappa shape index (κ2) is 11.5. The fourth-order valence-electron chi connectivity index (χ4n) is 2.67. The van der Waals surface area contributed by atoms with E-state index < -0.39 is 0 Å². The van der Waals surface area contributed by atoms with Gasteiger partial charge in [-0.15, -0.1) is 13.2 Å². The van der Waals surface area contributed by atoms with Crippen molar-refractivity contribution in [3.63, 3.8) is 0 Å². The molecule has 2 aromatic carbocycles. The van der Waals surface area contributed by atoms with Gasteiger partial charge in [-0.25, -0.2) is 0 Å². The Morgan fingerprint density at radius 1 is 0.739 bits per heavy atom. The van der Waals surface area contributed by atoms with Crippen LogP contribution in [-0.4, -0.2) is 0 Å². The minimum atomic E-state index is 1.12. The molecular formula is C23H32. The van der Waals surface area contributed by atoms with E-state index in [-0.39, 0.29) is 0 Å². The minimum Gasteiger partial charge on any atom is -0.106 e. The van der Waals surface area contributed by atoms with E-state index in [1.807, 2.05) is 27.7 Å². The molecule has 0 heteroatoms. The van der Waals surface area contributed by atoms with Crippen molar-refractivity contribution in [1.82, 2.24) is 0 Å². The van der Waals surface area contributed by atoms with Gasteiger partial charge in [0.1, 0.15) is 0 Å². The highest BCUT2D eigenvalue weighted by atomic mass is 14.2. The molecule has 0 aromatic heterocycles. The quantitative estimate of drug-likeness (QED) is 0.459. The minimum absolute atomic E-state index is 1.12. The van der Waals surface area contributed by atoms with Gasteiger partial charge in [-0.3, -0.25) is 0 Å². The van der Waals surface area contributed by atoms with Gasteiger partial charge in [0.05, 0.1) is 0 Å². The smallest absolute Gasteiger partial charge is 0.0151 e. The van der Waals surface area contributed by atoms with E-state index in [4.69, 9.17) is 0 Å². The van der Waals surface area contributed by atoms with Gasteiger partial charge < -0.3 is 0 Å². The largest absolute Gasteiger partial charge is 0.106 e. The lowest BCUT2D eigenvalue weighted by molar-refractivity contribution is 0.963. The first-order valence-corrected chi connectivity index (χ1v) is 8.63. The summed E-state index contributed by atoms with van der Waals surface area (Å²) in [6.07, 6.45) is 2.23. The monoisotopic (exact) mass is 308 g/mol. The molecule has 0 saturated heterocycles. The second-order valence-electron chi connectivity index (χ2n) is 4.80. The normalized spacial score (nSPS) is 10.9. The lowest BCUT2D eigenvalue weighted by Gasteiger charge is -2.10. The number of rotatable bonds is 0. The maximum absolute atomic E-state index is 4.29. The summed E-state index contributed by atoms with van der Waals surface area (Å²) in [5.74, 6) is 0. The average molecular weight is 309 g/mol. The Hall–Kier alpha value is -2.08. The molecular weight excluding hydrogens is 276 g/mol. The van der Waals surface area contributed by atoms with Gasteiger partial charge >= 0.3 is 0 Å². The van der Waals surface area contributed by atoms with Crippen LogP contribution in [0.1, 0.15) is 55.5 Å². The van der Waals surface area contributed by atoms with Gasteiger partial charge in [0.25, 0.3) is 0 Å². The Morgan fingerprint density at radius 3 is 1.91 bits per heavy atom. The zero-order valence-electron chi connectivity index (χ0n) is 15.6. The first kappa shape index (κ1) is 20.9. The van der Waals surface area contributed by atoms with Gasteiger partial charge in [-0.05, 0) is 47.6 Å². The molecule has 0 bridgehead atoms. The molecule has 0 saturated carbocycles. The van der Waals surface area contributed by atoms with Crippen molar-refractivity contribution in [3.8, 4) is 0 Å². The van der Waals surface area contributed by atoms with E-state index in [1.54, 1.807) is 0 Å². The SMILES string of the molecule is C=C.C=C1c2ccccc2CCc2cc(C)ccc21.CC.CC. The van der Waals surface area contributed by atoms with E-state index in [1.165, 1.54) is 33.4 Å². The highest BCUT2D eigenvalue weighted by Crippen LogP contribution is 2.32. The van der Waals surface area contributed by atoms with Crippen molar-refractivity contribution in [2.24, 2.45) is 0 Å². The summed E-state index contributed by atoms with van der Waals surface area (Å²) in [4.78, 5) is 0. The van der Waals surface area contributed by atoms with Gasteiger partial charge in [0.15, 0.2) is 0 Å². The van der Waals surface area contributed by atoms with Crippen molar-refractivity contribution in [1.29, 1.82) is 0 Å². The van der Waals surface area contributed by atoms with Crippen molar-refractivity contribution < 1.29 is 0 Å². The van der Waals surface area contributed by atoms with Crippen LogP contribution in [0.4, 0.5) is 0 Å². The summed E-state index contributed by atoms with van der Waals surface area (Å²) >= 11 is 0. The third-order valence-electron chi connectivity index (χ3n) is 3.59. The number of hydrogen-bond donors (Lipinski definition) is 0. The van der Waals surface area contributed by atoms with E-state index in [2.05, 4.69) is 69.1 Å². The van der Waals surface area contributed by atoms with E-state index in [0.29, 0.717) is 0 Å². The van der Waals surface area contributed by atoms with Gasteiger partial charge in [-0.1, -0.05) is 82.3 Å². The highest BCUT2D eigenvalue weighted by Gasteiger charge is 2.15. The number of aryl methyl sites for hydroxylation is 3. The summed E-state index contributed by atoms with van der Waals surface area (Å²) in [5.41, 5.74) is 8.00. The summed E-state index contributed by atoms with van der Waals surface area (Å²) in [6.45, 7) is 20.4. The topological polar surface area (TPSA) is 0 Å². The second-order valence-corrected chi connectivity index (χ2v) is 4.80. The molecule has 0 unspecified atom stereocenters. The predicted molar refractivity (Wildman–Crippen MR) is 107 cm³/mol. The molecule has 2 aromatic rings. The van der Waals surface area contributed by atoms with Crippen LogP contribution >= 0.6 is 0 Å². The third-order valence-corrected chi connectivity index (χ3v) is 3.59. The molecule has 3 rings (SSSR count). The van der Waals surface area contributed by atoms with Crippen LogP contribution in [-0.2, 0) is 12.8 Å². The van der Waals surface area contributed by atoms with Crippen molar-refractivity contribution in [3.05, 3.63) is 90.0 Å².